The molecule has 0 bridgehead atoms. The molecule has 1 saturated heterocycles. The molecule has 1 aromatic rings. The van der Waals surface area contributed by atoms with Gasteiger partial charge >= 0.3 is 0 Å². The lowest BCUT2D eigenvalue weighted by molar-refractivity contribution is -0.118. The number of alkyl halides is 2. The number of carbonyl (C=O) groups excluding carboxylic acids is 1. The zero-order valence-corrected chi connectivity index (χ0v) is 11.7. The minimum Gasteiger partial charge on any atom is -0.372 e. The van der Waals surface area contributed by atoms with Gasteiger partial charge in [0.2, 0.25) is 5.91 Å². The number of hydrogen-bond acceptors (Lipinski definition) is 5. The van der Waals surface area contributed by atoms with Crippen molar-refractivity contribution in [3.05, 3.63) is 11.7 Å². The molecule has 1 aliphatic rings. The van der Waals surface area contributed by atoms with Crippen LogP contribution in [0.25, 0.3) is 0 Å². The second-order valence-corrected chi connectivity index (χ2v) is 5.50. The Labute approximate surface area is 119 Å². The molecular weight excluding hydrogens is 288 g/mol. The summed E-state index contributed by atoms with van der Waals surface area (Å²) in [6.07, 6.45) is 0.427. The van der Waals surface area contributed by atoms with Crippen molar-refractivity contribution < 1.29 is 18.3 Å². The average Bonchev–Trinajstić information content (AvgIpc) is 2.90. The Morgan fingerprint density at radius 3 is 2.90 bits per heavy atom. The molecular formula is C12H17F2N3O2S. The van der Waals surface area contributed by atoms with E-state index in [-0.39, 0.29) is 12.0 Å². The lowest BCUT2D eigenvalue weighted by atomic mass is 10.1. The van der Waals surface area contributed by atoms with E-state index in [0.717, 1.165) is 5.00 Å². The van der Waals surface area contributed by atoms with Crippen LogP contribution in [0, 0.1) is 0 Å². The van der Waals surface area contributed by atoms with Gasteiger partial charge in [0.05, 0.1) is 24.4 Å². The van der Waals surface area contributed by atoms with Gasteiger partial charge in [-0.15, -0.1) is 11.3 Å². The Morgan fingerprint density at radius 2 is 2.30 bits per heavy atom. The average molecular weight is 305 g/mol. The minimum absolute atomic E-state index is 0.0822. The molecule has 1 aromatic heterocycles. The van der Waals surface area contributed by atoms with Crippen LogP contribution < -0.4 is 5.32 Å². The second-order valence-electron chi connectivity index (χ2n) is 4.61. The molecule has 20 heavy (non-hydrogen) atoms. The van der Waals surface area contributed by atoms with Crippen LogP contribution >= 0.6 is 11.3 Å². The van der Waals surface area contributed by atoms with Crippen molar-refractivity contribution >= 4 is 22.2 Å². The van der Waals surface area contributed by atoms with Crippen molar-refractivity contribution in [1.82, 2.24) is 9.88 Å². The van der Waals surface area contributed by atoms with Crippen LogP contribution in [0.4, 0.5) is 13.8 Å². The summed E-state index contributed by atoms with van der Waals surface area (Å²) in [6, 6.07) is 0. The molecule has 1 N–H and O–H groups in total. The maximum Gasteiger partial charge on any atom is 0.261 e. The van der Waals surface area contributed by atoms with Crippen molar-refractivity contribution in [3.8, 4) is 0 Å². The molecule has 1 aliphatic heterocycles. The third-order valence-electron chi connectivity index (χ3n) is 3.05. The van der Waals surface area contributed by atoms with Gasteiger partial charge in [-0.2, -0.15) is 0 Å². The Morgan fingerprint density at radius 1 is 1.55 bits per heavy atom. The zero-order valence-electron chi connectivity index (χ0n) is 10.9. The van der Waals surface area contributed by atoms with Crippen LogP contribution in [0.2, 0.25) is 0 Å². The SMILES string of the molecule is O=C(CN1CCC(OCC(F)F)CC1)Nc1cncs1. The first-order valence-electron chi connectivity index (χ1n) is 6.44. The quantitative estimate of drug-likeness (QED) is 0.871. The van der Waals surface area contributed by atoms with Crippen molar-refractivity contribution in [2.24, 2.45) is 0 Å². The van der Waals surface area contributed by atoms with Crippen LogP contribution in [0.15, 0.2) is 11.7 Å². The highest BCUT2D eigenvalue weighted by Gasteiger charge is 2.22. The number of likely N-dealkylation sites (tertiary alicyclic amines) is 1. The summed E-state index contributed by atoms with van der Waals surface area (Å²) in [5.74, 6) is -0.0822. The summed E-state index contributed by atoms with van der Waals surface area (Å²) < 4.78 is 29.2. The molecule has 5 nitrogen and oxygen atoms in total. The van der Waals surface area contributed by atoms with Crippen molar-refractivity contribution in [2.75, 3.05) is 31.6 Å². The van der Waals surface area contributed by atoms with Gasteiger partial charge in [0, 0.05) is 13.1 Å². The Balaban J connectivity index is 1.65. The predicted octanol–water partition coefficient (Wildman–Crippen LogP) is 1.83. The molecule has 2 heterocycles. The maximum absolute atomic E-state index is 12.0. The van der Waals surface area contributed by atoms with E-state index >= 15 is 0 Å². The molecule has 0 radical (unpaired) electrons. The van der Waals surface area contributed by atoms with Gasteiger partial charge in [-0.3, -0.25) is 14.7 Å². The number of hydrogen-bond donors (Lipinski definition) is 1. The van der Waals surface area contributed by atoms with E-state index in [4.69, 9.17) is 4.74 Å². The Hall–Kier alpha value is -1.12. The van der Waals surface area contributed by atoms with E-state index in [0.29, 0.717) is 32.5 Å². The van der Waals surface area contributed by atoms with Gasteiger partial charge < -0.3 is 10.1 Å². The van der Waals surface area contributed by atoms with Gasteiger partial charge in [0.25, 0.3) is 6.43 Å². The first-order chi connectivity index (χ1) is 9.63. The first-order valence-corrected chi connectivity index (χ1v) is 7.32. The summed E-state index contributed by atoms with van der Waals surface area (Å²) in [5.41, 5.74) is 1.65. The maximum atomic E-state index is 12.0. The van der Waals surface area contributed by atoms with E-state index in [1.165, 1.54) is 11.3 Å². The third-order valence-corrected chi connectivity index (χ3v) is 3.74. The topological polar surface area (TPSA) is 54.5 Å². The van der Waals surface area contributed by atoms with Crippen molar-refractivity contribution in [2.45, 2.75) is 25.4 Å². The number of rotatable bonds is 6. The van der Waals surface area contributed by atoms with Crippen LogP contribution in [0.5, 0.6) is 0 Å². The standard InChI is InChI=1S/C12H17F2N3O2S/c13-10(14)7-19-9-1-3-17(4-2-9)6-11(18)16-12-5-15-8-20-12/h5,8-10H,1-4,6-7H2,(H,16,18). The highest BCUT2D eigenvalue weighted by atomic mass is 32.1. The van der Waals surface area contributed by atoms with Crippen LogP contribution in [0.1, 0.15) is 12.8 Å². The predicted molar refractivity (Wildman–Crippen MR) is 72.2 cm³/mol. The number of anilines is 1. The van der Waals surface area contributed by atoms with E-state index in [2.05, 4.69) is 10.3 Å². The normalized spacial score (nSPS) is 17.6. The third kappa shape index (κ3) is 5.10. The Bertz CT molecular complexity index is 409. The highest BCUT2D eigenvalue weighted by molar-refractivity contribution is 7.13. The molecule has 0 spiro atoms. The Kier molecular flexibility index (Phi) is 5.81. The monoisotopic (exact) mass is 305 g/mol. The molecule has 0 unspecified atom stereocenters. The van der Waals surface area contributed by atoms with Gasteiger partial charge in [0.15, 0.2) is 0 Å². The molecule has 0 aromatic carbocycles. The molecule has 112 valence electrons. The molecule has 0 atom stereocenters. The molecule has 8 heteroatoms. The number of piperidine rings is 1. The van der Waals surface area contributed by atoms with Gasteiger partial charge in [-0.1, -0.05) is 0 Å². The highest BCUT2D eigenvalue weighted by Crippen LogP contribution is 2.15. The summed E-state index contributed by atoms with van der Waals surface area (Å²) >= 11 is 1.37. The van der Waals surface area contributed by atoms with Gasteiger partial charge in [-0.25, -0.2) is 8.78 Å². The van der Waals surface area contributed by atoms with E-state index in [1.54, 1.807) is 11.7 Å². The fourth-order valence-electron chi connectivity index (χ4n) is 2.10. The number of ether oxygens (including phenoxy) is 1. The van der Waals surface area contributed by atoms with E-state index in [9.17, 15) is 13.6 Å². The van der Waals surface area contributed by atoms with Crippen molar-refractivity contribution in [1.29, 1.82) is 0 Å². The summed E-state index contributed by atoms with van der Waals surface area (Å²) in [7, 11) is 0. The number of halogens is 2. The van der Waals surface area contributed by atoms with Crippen LogP contribution in [-0.4, -0.2) is 54.6 Å². The molecule has 0 saturated carbocycles. The smallest absolute Gasteiger partial charge is 0.261 e. The molecule has 2 rings (SSSR count). The van der Waals surface area contributed by atoms with E-state index < -0.39 is 13.0 Å². The van der Waals surface area contributed by atoms with Gasteiger partial charge in [-0.05, 0) is 12.8 Å². The number of amides is 1. The molecule has 1 amide bonds. The van der Waals surface area contributed by atoms with Crippen LogP contribution in [0.3, 0.4) is 0 Å². The number of thiazole rings is 1. The summed E-state index contributed by atoms with van der Waals surface area (Å²) in [6.45, 7) is 1.17. The number of aromatic nitrogens is 1. The lowest BCUT2D eigenvalue weighted by Crippen LogP contribution is -2.41. The zero-order chi connectivity index (χ0) is 14.4. The number of carbonyl (C=O) groups is 1. The van der Waals surface area contributed by atoms with Crippen LogP contribution in [-0.2, 0) is 9.53 Å². The lowest BCUT2D eigenvalue weighted by Gasteiger charge is -2.31. The fraction of sp³-hybridized carbons (Fsp3) is 0.667. The number of nitrogens with zero attached hydrogens (tertiary/aromatic N) is 2. The summed E-state index contributed by atoms with van der Waals surface area (Å²) in [5, 5.41) is 3.49. The molecule has 0 aliphatic carbocycles. The van der Waals surface area contributed by atoms with E-state index in [1.807, 2.05) is 4.90 Å². The minimum atomic E-state index is -2.42. The largest absolute Gasteiger partial charge is 0.372 e. The fourth-order valence-corrected chi connectivity index (χ4v) is 2.63. The summed E-state index contributed by atoms with van der Waals surface area (Å²) in [4.78, 5) is 17.6. The van der Waals surface area contributed by atoms with Crippen molar-refractivity contribution in [3.63, 3.8) is 0 Å². The second kappa shape index (κ2) is 7.61. The first kappa shape index (κ1) is 15.3. The molecule has 1 fully saturated rings. The number of nitrogens with one attached hydrogen (secondary N) is 1. The van der Waals surface area contributed by atoms with Gasteiger partial charge in [0.1, 0.15) is 11.6 Å².